The van der Waals surface area contributed by atoms with Gasteiger partial charge in [0.15, 0.2) is 0 Å². The summed E-state index contributed by atoms with van der Waals surface area (Å²) in [6, 6.07) is 7.95. The van der Waals surface area contributed by atoms with Crippen LogP contribution in [0, 0.1) is 0 Å². The Morgan fingerprint density at radius 2 is 1.90 bits per heavy atom. The van der Waals surface area contributed by atoms with Gasteiger partial charge in [0.1, 0.15) is 0 Å². The first-order valence-corrected chi connectivity index (χ1v) is 8.02. The summed E-state index contributed by atoms with van der Waals surface area (Å²) in [6.45, 7) is 6.32. The summed E-state index contributed by atoms with van der Waals surface area (Å²) in [7, 11) is 0. The molecule has 0 aromatic heterocycles. The van der Waals surface area contributed by atoms with Gasteiger partial charge in [-0.25, -0.2) is 0 Å². The maximum absolute atomic E-state index is 12.0. The molecule has 1 fully saturated rings. The lowest BCUT2D eigenvalue weighted by Gasteiger charge is -2.28. The molecule has 0 aliphatic carbocycles. The lowest BCUT2D eigenvalue weighted by Crippen LogP contribution is -2.29. The Bertz CT molecular complexity index is 425. The molecule has 2 rings (SSSR count). The van der Waals surface area contributed by atoms with Crippen molar-refractivity contribution in [3.63, 3.8) is 0 Å². The third kappa shape index (κ3) is 5.05. The van der Waals surface area contributed by atoms with Crippen molar-refractivity contribution in [3.05, 3.63) is 29.8 Å². The fourth-order valence-electron chi connectivity index (χ4n) is 2.60. The largest absolute Gasteiger partial charge is 0.382 e. The highest BCUT2D eigenvalue weighted by Crippen LogP contribution is 2.20. The van der Waals surface area contributed by atoms with E-state index in [4.69, 9.17) is 4.74 Å². The molecule has 0 bridgehead atoms. The molecule has 1 heterocycles. The van der Waals surface area contributed by atoms with Crippen LogP contribution >= 0.6 is 0 Å². The number of nitrogens with zero attached hydrogens (tertiary/aromatic N) is 1. The second-order valence-electron chi connectivity index (χ2n) is 5.40. The molecular weight excluding hydrogens is 264 g/mol. The van der Waals surface area contributed by atoms with Gasteiger partial charge in [-0.05, 0) is 56.9 Å². The zero-order chi connectivity index (χ0) is 14.9. The summed E-state index contributed by atoms with van der Waals surface area (Å²) in [5, 5.41) is 2.92. The summed E-state index contributed by atoms with van der Waals surface area (Å²) >= 11 is 0. The first kappa shape index (κ1) is 15.8. The Morgan fingerprint density at radius 3 is 2.57 bits per heavy atom. The Kier molecular flexibility index (Phi) is 6.54. The SMILES string of the molecule is CCOCCCNC(=O)c1ccc(N2CCCCC2)cc1. The van der Waals surface area contributed by atoms with Gasteiger partial charge in [0.2, 0.25) is 0 Å². The van der Waals surface area contributed by atoms with Crippen LogP contribution in [-0.2, 0) is 4.74 Å². The van der Waals surface area contributed by atoms with E-state index in [1.54, 1.807) is 0 Å². The van der Waals surface area contributed by atoms with Crippen LogP contribution in [0.15, 0.2) is 24.3 Å². The molecule has 1 aromatic rings. The molecular formula is C17H26N2O2. The average molecular weight is 290 g/mol. The topological polar surface area (TPSA) is 41.6 Å². The number of hydrogen-bond donors (Lipinski definition) is 1. The van der Waals surface area contributed by atoms with Crippen LogP contribution in [0.25, 0.3) is 0 Å². The van der Waals surface area contributed by atoms with Gasteiger partial charge in [-0.1, -0.05) is 0 Å². The van der Waals surface area contributed by atoms with Crippen molar-refractivity contribution in [1.29, 1.82) is 0 Å². The van der Waals surface area contributed by atoms with Gasteiger partial charge >= 0.3 is 0 Å². The first-order chi connectivity index (χ1) is 10.3. The van der Waals surface area contributed by atoms with E-state index in [2.05, 4.69) is 22.3 Å². The van der Waals surface area contributed by atoms with Crippen LogP contribution in [0.3, 0.4) is 0 Å². The Morgan fingerprint density at radius 1 is 1.19 bits per heavy atom. The molecule has 0 atom stereocenters. The number of piperidine rings is 1. The molecule has 1 N–H and O–H groups in total. The van der Waals surface area contributed by atoms with Gasteiger partial charge in [-0.15, -0.1) is 0 Å². The van der Waals surface area contributed by atoms with E-state index in [1.165, 1.54) is 24.9 Å². The van der Waals surface area contributed by atoms with Crippen LogP contribution < -0.4 is 10.2 Å². The predicted molar refractivity (Wildman–Crippen MR) is 85.9 cm³/mol. The predicted octanol–water partition coefficient (Wildman–Crippen LogP) is 2.83. The summed E-state index contributed by atoms with van der Waals surface area (Å²) in [6.07, 6.45) is 4.72. The number of ether oxygens (including phenoxy) is 1. The quantitative estimate of drug-likeness (QED) is 0.785. The smallest absolute Gasteiger partial charge is 0.251 e. The molecule has 0 saturated carbocycles. The molecule has 0 spiro atoms. The summed E-state index contributed by atoms with van der Waals surface area (Å²) in [4.78, 5) is 14.4. The zero-order valence-electron chi connectivity index (χ0n) is 12.9. The van der Waals surface area contributed by atoms with Crippen LogP contribution in [0.2, 0.25) is 0 Å². The second kappa shape index (κ2) is 8.67. The standard InChI is InChI=1S/C17H26N2O2/c1-2-21-14-6-11-18-17(20)15-7-9-16(10-8-15)19-12-4-3-5-13-19/h7-10H,2-6,11-14H2,1H3,(H,18,20). The molecule has 116 valence electrons. The van der Waals surface area contributed by atoms with Crippen molar-refractivity contribution in [2.24, 2.45) is 0 Å². The van der Waals surface area contributed by atoms with Crippen molar-refractivity contribution in [2.75, 3.05) is 37.7 Å². The lowest BCUT2D eigenvalue weighted by atomic mass is 10.1. The van der Waals surface area contributed by atoms with Crippen molar-refractivity contribution < 1.29 is 9.53 Å². The fourth-order valence-corrected chi connectivity index (χ4v) is 2.60. The maximum Gasteiger partial charge on any atom is 0.251 e. The van der Waals surface area contributed by atoms with Gasteiger partial charge in [-0.2, -0.15) is 0 Å². The minimum atomic E-state index is -0.00306. The van der Waals surface area contributed by atoms with Crippen molar-refractivity contribution in [2.45, 2.75) is 32.6 Å². The third-order valence-corrected chi connectivity index (χ3v) is 3.81. The molecule has 0 unspecified atom stereocenters. The molecule has 1 aliphatic rings. The monoisotopic (exact) mass is 290 g/mol. The first-order valence-electron chi connectivity index (χ1n) is 8.02. The molecule has 4 nitrogen and oxygen atoms in total. The van der Waals surface area contributed by atoms with Gasteiger partial charge < -0.3 is 15.0 Å². The Labute approximate surface area is 127 Å². The van der Waals surface area contributed by atoms with Crippen LogP contribution in [0.1, 0.15) is 43.0 Å². The van der Waals surface area contributed by atoms with Crippen LogP contribution in [0.4, 0.5) is 5.69 Å². The maximum atomic E-state index is 12.0. The fraction of sp³-hybridized carbons (Fsp3) is 0.588. The van der Waals surface area contributed by atoms with E-state index >= 15 is 0 Å². The molecule has 1 aliphatic heterocycles. The number of carbonyl (C=O) groups excluding carboxylic acids is 1. The number of benzene rings is 1. The molecule has 1 saturated heterocycles. The van der Waals surface area contributed by atoms with Crippen molar-refractivity contribution in [1.82, 2.24) is 5.32 Å². The van der Waals surface area contributed by atoms with Crippen LogP contribution in [0.5, 0.6) is 0 Å². The number of anilines is 1. The van der Waals surface area contributed by atoms with Gasteiger partial charge in [0.25, 0.3) is 5.91 Å². The van der Waals surface area contributed by atoms with E-state index in [-0.39, 0.29) is 5.91 Å². The minimum absolute atomic E-state index is 0.00306. The zero-order valence-corrected chi connectivity index (χ0v) is 12.9. The van der Waals surface area contributed by atoms with E-state index in [9.17, 15) is 4.79 Å². The number of carbonyl (C=O) groups is 1. The molecule has 0 radical (unpaired) electrons. The molecule has 1 amide bonds. The minimum Gasteiger partial charge on any atom is -0.382 e. The summed E-state index contributed by atoms with van der Waals surface area (Å²) < 4.78 is 5.25. The highest BCUT2D eigenvalue weighted by molar-refractivity contribution is 5.94. The normalized spacial score (nSPS) is 15.0. The van der Waals surface area contributed by atoms with E-state index in [0.717, 1.165) is 31.7 Å². The number of hydrogen-bond acceptors (Lipinski definition) is 3. The molecule has 1 aromatic carbocycles. The highest BCUT2D eigenvalue weighted by atomic mass is 16.5. The van der Waals surface area contributed by atoms with E-state index in [0.29, 0.717) is 13.2 Å². The van der Waals surface area contributed by atoms with E-state index < -0.39 is 0 Å². The Balaban J connectivity index is 1.79. The van der Waals surface area contributed by atoms with Crippen molar-refractivity contribution >= 4 is 11.6 Å². The number of rotatable bonds is 7. The van der Waals surface area contributed by atoms with Gasteiger partial charge in [-0.3, -0.25) is 4.79 Å². The Hall–Kier alpha value is -1.55. The van der Waals surface area contributed by atoms with Gasteiger partial charge in [0, 0.05) is 44.1 Å². The average Bonchev–Trinajstić information content (AvgIpc) is 2.55. The number of nitrogens with one attached hydrogen (secondary N) is 1. The second-order valence-corrected chi connectivity index (χ2v) is 5.40. The van der Waals surface area contributed by atoms with E-state index in [1.807, 2.05) is 19.1 Å². The number of amides is 1. The third-order valence-electron chi connectivity index (χ3n) is 3.81. The summed E-state index contributed by atoms with van der Waals surface area (Å²) in [5.41, 5.74) is 1.95. The summed E-state index contributed by atoms with van der Waals surface area (Å²) in [5.74, 6) is -0.00306. The molecule has 21 heavy (non-hydrogen) atoms. The van der Waals surface area contributed by atoms with Gasteiger partial charge in [0.05, 0.1) is 0 Å². The lowest BCUT2D eigenvalue weighted by molar-refractivity contribution is 0.0944. The highest BCUT2D eigenvalue weighted by Gasteiger charge is 2.11. The molecule has 4 heteroatoms. The van der Waals surface area contributed by atoms with Crippen LogP contribution in [-0.4, -0.2) is 38.8 Å². The van der Waals surface area contributed by atoms with Crippen molar-refractivity contribution in [3.8, 4) is 0 Å².